The topological polar surface area (TPSA) is 39.1 Å². The summed E-state index contributed by atoms with van der Waals surface area (Å²) in [5, 5.41) is 7.94. The summed E-state index contributed by atoms with van der Waals surface area (Å²) in [7, 11) is 3.74. The molecule has 0 fully saturated rings. The van der Waals surface area contributed by atoms with Gasteiger partial charge in [0.2, 0.25) is 0 Å². The molecule has 2 atom stereocenters. The molecule has 3 rings (SSSR count). The maximum Gasteiger partial charge on any atom is 0.0702 e. The number of nitrogens with zero attached hydrogens (tertiary/aromatic N) is 2. The number of fused-ring (bicyclic) bond motifs is 1. The minimum absolute atomic E-state index is 0.258. The van der Waals surface area contributed by atoms with E-state index >= 15 is 0 Å². The molecule has 0 radical (unpaired) electrons. The van der Waals surface area contributed by atoms with E-state index in [0.717, 1.165) is 17.4 Å². The zero-order valence-electron chi connectivity index (χ0n) is 12.3. The molecule has 1 heterocycles. The summed E-state index contributed by atoms with van der Waals surface area (Å²) >= 11 is 3.65. The molecular formula is C16H20BrN3O. The van der Waals surface area contributed by atoms with Gasteiger partial charge in [0.05, 0.1) is 35.6 Å². The lowest BCUT2D eigenvalue weighted by atomic mass is 9.72. The van der Waals surface area contributed by atoms with E-state index < -0.39 is 0 Å². The summed E-state index contributed by atoms with van der Waals surface area (Å²) in [6.07, 6.45) is 2.99. The first kappa shape index (κ1) is 14.8. The summed E-state index contributed by atoms with van der Waals surface area (Å²) in [6.45, 7) is 1.43. The minimum Gasteiger partial charge on any atom is -0.383 e. The summed E-state index contributed by atoms with van der Waals surface area (Å²) < 4.78 is 8.28. The molecule has 0 aliphatic heterocycles. The molecule has 1 N–H and O–H groups in total. The second-order valence-electron chi connectivity index (χ2n) is 5.37. The summed E-state index contributed by atoms with van der Waals surface area (Å²) in [6, 6.07) is 8.94. The molecule has 0 saturated heterocycles. The zero-order chi connectivity index (χ0) is 14.8. The highest BCUT2D eigenvalue weighted by atomic mass is 79.9. The lowest BCUT2D eigenvalue weighted by Gasteiger charge is -2.37. The Morgan fingerprint density at radius 3 is 3.00 bits per heavy atom. The van der Waals surface area contributed by atoms with E-state index in [1.807, 2.05) is 17.9 Å². The van der Waals surface area contributed by atoms with Crippen LogP contribution in [-0.4, -0.2) is 30.5 Å². The number of benzene rings is 1. The number of aromatic nitrogens is 2. The van der Waals surface area contributed by atoms with E-state index in [2.05, 4.69) is 50.6 Å². The fraction of sp³-hybridized carbons (Fsp3) is 0.438. The van der Waals surface area contributed by atoms with E-state index in [4.69, 9.17) is 4.74 Å². The second-order valence-corrected chi connectivity index (χ2v) is 6.22. The molecular weight excluding hydrogens is 330 g/mol. The van der Waals surface area contributed by atoms with Crippen LogP contribution < -0.4 is 5.32 Å². The maximum atomic E-state index is 5.18. The normalized spacial score (nSPS) is 18.1. The third kappa shape index (κ3) is 2.65. The highest BCUT2D eigenvalue weighted by Crippen LogP contribution is 2.44. The Labute approximate surface area is 133 Å². The Hall–Kier alpha value is -1.17. The van der Waals surface area contributed by atoms with Crippen LogP contribution in [0.2, 0.25) is 0 Å². The summed E-state index contributed by atoms with van der Waals surface area (Å²) in [4.78, 5) is 0. The molecule has 1 aromatic carbocycles. The van der Waals surface area contributed by atoms with Crippen LogP contribution in [0, 0.1) is 0 Å². The van der Waals surface area contributed by atoms with Crippen LogP contribution in [0.15, 0.2) is 34.9 Å². The van der Waals surface area contributed by atoms with E-state index in [-0.39, 0.29) is 6.04 Å². The van der Waals surface area contributed by atoms with E-state index in [0.29, 0.717) is 12.5 Å². The average Bonchev–Trinajstić information content (AvgIpc) is 2.84. The van der Waals surface area contributed by atoms with Gasteiger partial charge in [-0.2, -0.15) is 5.10 Å². The van der Waals surface area contributed by atoms with Crippen molar-refractivity contribution in [2.24, 2.45) is 0 Å². The van der Waals surface area contributed by atoms with Gasteiger partial charge in [-0.05, 0) is 40.5 Å². The Balaban J connectivity index is 1.90. The standard InChI is InChI=1S/C16H20BrN3O/c1-18-15(13-9-11-5-3-4-6-12(11)13)16-14(17)10-19-20(16)7-8-21-2/h3-6,10,13,15,18H,7-9H2,1-2H3. The van der Waals surface area contributed by atoms with Gasteiger partial charge in [0.1, 0.15) is 0 Å². The molecule has 1 aliphatic rings. The van der Waals surface area contributed by atoms with E-state index in [1.54, 1.807) is 7.11 Å². The van der Waals surface area contributed by atoms with Crippen molar-refractivity contribution in [3.63, 3.8) is 0 Å². The van der Waals surface area contributed by atoms with Gasteiger partial charge in [0, 0.05) is 13.0 Å². The lowest BCUT2D eigenvalue weighted by Crippen LogP contribution is -2.33. The first-order valence-electron chi connectivity index (χ1n) is 7.21. The van der Waals surface area contributed by atoms with Crippen molar-refractivity contribution in [1.82, 2.24) is 15.1 Å². The van der Waals surface area contributed by atoms with Gasteiger partial charge in [-0.15, -0.1) is 0 Å². The smallest absolute Gasteiger partial charge is 0.0702 e. The fourth-order valence-corrected chi connectivity index (χ4v) is 3.70. The van der Waals surface area contributed by atoms with Crippen LogP contribution in [0.25, 0.3) is 0 Å². The quantitative estimate of drug-likeness (QED) is 0.871. The van der Waals surface area contributed by atoms with Gasteiger partial charge >= 0.3 is 0 Å². The maximum absolute atomic E-state index is 5.18. The van der Waals surface area contributed by atoms with Crippen molar-refractivity contribution in [3.05, 3.63) is 51.8 Å². The largest absolute Gasteiger partial charge is 0.383 e. The Bertz CT molecular complexity index is 626. The number of ether oxygens (including phenoxy) is 1. The number of likely N-dealkylation sites (N-methyl/N-ethyl adjacent to an activating group) is 1. The van der Waals surface area contributed by atoms with Gasteiger partial charge in [-0.3, -0.25) is 4.68 Å². The predicted octanol–water partition coefficient (Wildman–Crippen LogP) is 2.89. The van der Waals surface area contributed by atoms with Crippen LogP contribution in [0.1, 0.15) is 28.8 Å². The molecule has 2 unspecified atom stereocenters. The number of rotatable bonds is 6. The molecule has 21 heavy (non-hydrogen) atoms. The van der Waals surface area contributed by atoms with Crippen LogP contribution in [0.4, 0.5) is 0 Å². The number of nitrogens with one attached hydrogen (secondary N) is 1. The molecule has 1 aromatic heterocycles. The molecule has 112 valence electrons. The fourth-order valence-electron chi connectivity index (χ4n) is 3.16. The molecule has 4 nitrogen and oxygen atoms in total. The molecule has 0 saturated carbocycles. The minimum atomic E-state index is 0.258. The first-order valence-corrected chi connectivity index (χ1v) is 8.00. The van der Waals surface area contributed by atoms with Crippen molar-refractivity contribution in [2.45, 2.75) is 24.9 Å². The third-order valence-electron chi connectivity index (χ3n) is 4.24. The van der Waals surface area contributed by atoms with Gasteiger partial charge in [-0.1, -0.05) is 24.3 Å². The van der Waals surface area contributed by atoms with Crippen molar-refractivity contribution in [2.75, 3.05) is 20.8 Å². The molecule has 1 aliphatic carbocycles. The number of halogens is 1. The predicted molar refractivity (Wildman–Crippen MR) is 86.5 cm³/mol. The summed E-state index contributed by atoms with van der Waals surface area (Å²) in [5.41, 5.74) is 4.11. The third-order valence-corrected chi connectivity index (χ3v) is 4.85. The van der Waals surface area contributed by atoms with Gasteiger partial charge < -0.3 is 10.1 Å². The van der Waals surface area contributed by atoms with Crippen LogP contribution >= 0.6 is 15.9 Å². The van der Waals surface area contributed by atoms with Crippen molar-refractivity contribution < 1.29 is 4.74 Å². The van der Waals surface area contributed by atoms with Crippen molar-refractivity contribution >= 4 is 15.9 Å². The molecule has 0 spiro atoms. The second kappa shape index (κ2) is 6.30. The average molecular weight is 350 g/mol. The van der Waals surface area contributed by atoms with Gasteiger partial charge in [0.25, 0.3) is 0 Å². The highest BCUT2D eigenvalue weighted by molar-refractivity contribution is 9.10. The van der Waals surface area contributed by atoms with E-state index in [9.17, 15) is 0 Å². The summed E-state index contributed by atoms with van der Waals surface area (Å²) in [5.74, 6) is 0.500. The Kier molecular flexibility index (Phi) is 4.42. The molecule has 0 amide bonds. The van der Waals surface area contributed by atoms with E-state index in [1.165, 1.54) is 16.8 Å². The Morgan fingerprint density at radius 1 is 1.48 bits per heavy atom. The lowest BCUT2D eigenvalue weighted by molar-refractivity contribution is 0.181. The molecule has 5 heteroatoms. The monoisotopic (exact) mass is 349 g/mol. The first-order chi connectivity index (χ1) is 10.3. The number of hydrogen-bond donors (Lipinski definition) is 1. The van der Waals surface area contributed by atoms with Crippen LogP contribution in [-0.2, 0) is 17.7 Å². The van der Waals surface area contributed by atoms with Gasteiger partial charge in [-0.25, -0.2) is 0 Å². The SMILES string of the molecule is CNC(c1c(Br)cnn1CCOC)C1Cc2ccccc21. The Morgan fingerprint density at radius 2 is 2.29 bits per heavy atom. The van der Waals surface area contributed by atoms with Crippen molar-refractivity contribution in [1.29, 1.82) is 0 Å². The molecule has 2 aromatic rings. The molecule has 0 bridgehead atoms. The van der Waals surface area contributed by atoms with Crippen molar-refractivity contribution in [3.8, 4) is 0 Å². The van der Waals surface area contributed by atoms with Crippen LogP contribution in [0.3, 0.4) is 0 Å². The van der Waals surface area contributed by atoms with Crippen LogP contribution in [0.5, 0.6) is 0 Å². The number of hydrogen-bond acceptors (Lipinski definition) is 3. The van der Waals surface area contributed by atoms with Gasteiger partial charge in [0.15, 0.2) is 0 Å². The highest BCUT2D eigenvalue weighted by Gasteiger charge is 2.35. The zero-order valence-corrected chi connectivity index (χ0v) is 13.9. The number of methoxy groups -OCH3 is 1.